The van der Waals surface area contributed by atoms with E-state index in [4.69, 9.17) is 10.5 Å². The normalized spacial score (nSPS) is 13.9. The van der Waals surface area contributed by atoms with Crippen molar-refractivity contribution in [2.24, 2.45) is 12.8 Å². The van der Waals surface area contributed by atoms with E-state index in [2.05, 4.69) is 5.10 Å². The van der Waals surface area contributed by atoms with Gasteiger partial charge >= 0.3 is 12.1 Å². The monoisotopic (exact) mass is 317 g/mol. The second-order valence-corrected chi connectivity index (χ2v) is 4.52. The molecule has 8 heteroatoms. The van der Waals surface area contributed by atoms with Gasteiger partial charge in [0.15, 0.2) is 5.69 Å². The lowest BCUT2D eigenvalue weighted by Gasteiger charge is -2.13. The van der Waals surface area contributed by atoms with E-state index in [1.807, 2.05) is 0 Å². The first-order valence-electron chi connectivity index (χ1n) is 6.55. The molecule has 0 aliphatic carbocycles. The summed E-state index contributed by atoms with van der Waals surface area (Å²) in [4.78, 5) is 12.0. The van der Waals surface area contributed by atoms with Crippen molar-refractivity contribution < 1.29 is 22.7 Å². The van der Waals surface area contributed by atoms with Gasteiger partial charge in [-0.3, -0.25) is 4.68 Å². The smallest absolute Gasteiger partial charge is 0.435 e. The van der Waals surface area contributed by atoms with Gasteiger partial charge in [-0.25, -0.2) is 4.79 Å². The summed E-state index contributed by atoms with van der Waals surface area (Å²) in [5.74, 6) is -0.689. The zero-order chi connectivity index (χ0) is 17.1. The number of esters is 1. The van der Waals surface area contributed by atoms with E-state index < -0.39 is 17.8 Å². The number of hydrogen-bond acceptors (Lipinski definition) is 4. The van der Waals surface area contributed by atoms with Gasteiger partial charge in [0.05, 0.1) is 17.9 Å². The molecule has 0 aliphatic rings. The molecule has 1 rings (SSSR count). The molecule has 122 valence electrons. The predicted octanol–water partition coefficient (Wildman–Crippen LogP) is 2.64. The number of halogens is 3. The molecular formula is C14H18F3N3O2. The number of aryl methyl sites for hydroxylation is 1. The van der Waals surface area contributed by atoms with E-state index in [0.717, 1.165) is 10.7 Å². The Bertz CT molecular complexity index is 624. The average molecular weight is 317 g/mol. The second-order valence-electron chi connectivity index (χ2n) is 4.52. The first-order valence-corrected chi connectivity index (χ1v) is 6.55. The molecule has 0 spiro atoms. The van der Waals surface area contributed by atoms with Crippen LogP contribution in [0.3, 0.4) is 0 Å². The van der Waals surface area contributed by atoms with Gasteiger partial charge in [-0.05, 0) is 26.8 Å². The van der Waals surface area contributed by atoms with E-state index in [1.54, 1.807) is 13.8 Å². The average Bonchev–Trinajstić information content (AvgIpc) is 2.77. The van der Waals surface area contributed by atoms with Crippen LogP contribution in [0.2, 0.25) is 0 Å². The summed E-state index contributed by atoms with van der Waals surface area (Å²) < 4.78 is 44.3. The van der Waals surface area contributed by atoms with Gasteiger partial charge in [-0.15, -0.1) is 0 Å². The van der Waals surface area contributed by atoms with Crippen molar-refractivity contribution in [3.63, 3.8) is 0 Å². The summed E-state index contributed by atoms with van der Waals surface area (Å²) >= 11 is 0. The van der Waals surface area contributed by atoms with Crippen molar-refractivity contribution in [1.29, 1.82) is 0 Å². The number of ether oxygens (including phenoxy) is 1. The van der Waals surface area contributed by atoms with Crippen LogP contribution >= 0.6 is 0 Å². The summed E-state index contributed by atoms with van der Waals surface area (Å²) in [5, 5.41) is 3.43. The highest BCUT2D eigenvalue weighted by molar-refractivity contribution is 6.06. The van der Waals surface area contributed by atoms with Crippen LogP contribution in [0.15, 0.2) is 23.4 Å². The molecule has 22 heavy (non-hydrogen) atoms. The highest BCUT2D eigenvalue weighted by Crippen LogP contribution is 2.32. The maximum absolute atomic E-state index is 12.8. The molecule has 0 amide bonds. The minimum atomic E-state index is -4.57. The van der Waals surface area contributed by atoms with E-state index in [9.17, 15) is 18.0 Å². The van der Waals surface area contributed by atoms with E-state index in [1.165, 1.54) is 20.0 Å². The minimum absolute atomic E-state index is 0.0288. The maximum Gasteiger partial charge on any atom is 0.435 e. The van der Waals surface area contributed by atoms with Crippen LogP contribution in [-0.4, -0.2) is 22.4 Å². The summed E-state index contributed by atoms with van der Waals surface area (Å²) in [6, 6.07) is 0.873. The van der Waals surface area contributed by atoms with Gasteiger partial charge in [0.25, 0.3) is 0 Å². The van der Waals surface area contributed by atoms with Crippen LogP contribution in [0.25, 0.3) is 5.57 Å². The number of hydrogen-bond donors (Lipinski definition) is 1. The van der Waals surface area contributed by atoms with Gasteiger partial charge in [-0.2, -0.15) is 18.3 Å². The molecule has 0 aromatic carbocycles. The molecule has 1 aromatic rings. The molecule has 0 radical (unpaired) electrons. The van der Waals surface area contributed by atoms with Crippen LogP contribution in [0.5, 0.6) is 0 Å². The Balaban J connectivity index is 3.41. The van der Waals surface area contributed by atoms with Crippen molar-refractivity contribution in [2.75, 3.05) is 6.61 Å². The zero-order valence-electron chi connectivity index (χ0n) is 12.8. The lowest BCUT2D eigenvalue weighted by atomic mass is 10.0. The lowest BCUT2D eigenvalue weighted by molar-refractivity contribution is -0.141. The SMILES string of the molecule is C/C=C(\C(C(=O)OCC)=C(/C)N)c1cc(C(F)(F)F)nn1C. The van der Waals surface area contributed by atoms with Crippen LogP contribution in [0.1, 0.15) is 32.2 Å². The number of alkyl halides is 3. The summed E-state index contributed by atoms with van der Waals surface area (Å²) in [6.07, 6.45) is -3.07. The number of allylic oxidation sites excluding steroid dienone is 2. The number of aromatic nitrogens is 2. The van der Waals surface area contributed by atoms with Gasteiger partial charge in [-0.1, -0.05) is 6.08 Å². The summed E-state index contributed by atoms with van der Waals surface area (Å²) in [6.45, 7) is 4.84. The number of carbonyl (C=O) groups is 1. The third kappa shape index (κ3) is 3.69. The molecule has 5 nitrogen and oxygen atoms in total. The Morgan fingerprint density at radius 2 is 2.09 bits per heavy atom. The number of rotatable bonds is 4. The van der Waals surface area contributed by atoms with Crippen LogP contribution in [0, 0.1) is 0 Å². The fourth-order valence-corrected chi connectivity index (χ4v) is 1.96. The third-order valence-electron chi connectivity index (χ3n) is 2.88. The Morgan fingerprint density at radius 1 is 1.50 bits per heavy atom. The maximum atomic E-state index is 12.8. The molecule has 0 atom stereocenters. The number of nitrogens with zero attached hydrogens (tertiary/aromatic N) is 2. The highest BCUT2D eigenvalue weighted by Gasteiger charge is 2.35. The first kappa shape index (κ1) is 17.8. The van der Waals surface area contributed by atoms with Crippen molar-refractivity contribution in [3.05, 3.63) is 34.8 Å². The van der Waals surface area contributed by atoms with Crippen molar-refractivity contribution in [2.45, 2.75) is 26.9 Å². The topological polar surface area (TPSA) is 70.1 Å². The van der Waals surface area contributed by atoms with Gasteiger partial charge in [0, 0.05) is 18.3 Å². The Labute approximate surface area is 126 Å². The van der Waals surface area contributed by atoms with E-state index in [0.29, 0.717) is 0 Å². The van der Waals surface area contributed by atoms with Crippen LogP contribution < -0.4 is 5.73 Å². The molecule has 1 aromatic heterocycles. The number of carbonyl (C=O) groups excluding carboxylic acids is 1. The molecule has 2 N–H and O–H groups in total. The molecule has 0 saturated carbocycles. The van der Waals surface area contributed by atoms with Crippen molar-refractivity contribution in [1.82, 2.24) is 9.78 Å². The summed E-state index contributed by atoms with van der Waals surface area (Å²) in [7, 11) is 1.36. The quantitative estimate of drug-likeness (QED) is 0.526. The van der Waals surface area contributed by atoms with E-state index in [-0.39, 0.29) is 29.1 Å². The van der Waals surface area contributed by atoms with Crippen LogP contribution in [0.4, 0.5) is 13.2 Å². The standard InChI is InChI=1S/C14H18F3N3O2/c1-5-9(12(8(3)18)13(21)22-6-2)10-7-11(14(15,16)17)19-20(10)4/h5,7H,6,18H2,1-4H3/b9-5-,12-8-. The lowest BCUT2D eigenvalue weighted by Crippen LogP contribution is -2.15. The van der Waals surface area contributed by atoms with Crippen molar-refractivity contribution >= 4 is 11.5 Å². The second kappa shape index (κ2) is 6.67. The predicted molar refractivity (Wildman–Crippen MR) is 75.4 cm³/mol. The molecule has 0 unspecified atom stereocenters. The Hall–Kier alpha value is -2.25. The van der Waals surface area contributed by atoms with Gasteiger partial charge < -0.3 is 10.5 Å². The molecule has 1 heterocycles. The minimum Gasteiger partial charge on any atom is -0.462 e. The van der Waals surface area contributed by atoms with Gasteiger partial charge in [0.1, 0.15) is 0 Å². The zero-order valence-corrected chi connectivity index (χ0v) is 12.8. The van der Waals surface area contributed by atoms with Crippen LogP contribution in [-0.2, 0) is 22.8 Å². The molecule has 0 aliphatic heterocycles. The number of nitrogens with two attached hydrogens (primary N) is 1. The van der Waals surface area contributed by atoms with E-state index >= 15 is 0 Å². The summed E-state index contributed by atoms with van der Waals surface area (Å²) in [5.41, 5.74) is 5.22. The molecule has 0 fully saturated rings. The third-order valence-corrected chi connectivity index (χ3v) is 2.88. The largest absolute Gasteiger partial charge is 0.462 e. The fraction of sp³-hybridized carbons (Fsp3) is 0.429. The Morgan fingerprint density at radius 3 is 2.45 bits per heavy atom. The Kier molecular flexibility index (Phi) is 5.40. The first-order chi connectivity index (χ1) is 10.1. The molecule has 0 bridgehead atoms. The van der Waals surface area contributed by atoms with Crippen molar-refractivity contribution in [3.8, 4) is 0 Å². The van der Waals surface area contributed by atoms with Gasteiger partial charge in [0.2, 0.25) is 0 Å². The molecular weight excluding hydrogens is 299 g/mol. The molecule has 0 saturated heterocycles. The fourth-order valence-electron chi connectivity index (χ4n) is 1.96. The highest BCUT2D eigenvalue weighted by atomic mass is 19.4.